The molecule has 4 heteroatoms. The quantitative estimate of drug-likeness (QED) is 0.815. The highest BCUT2D eigenvalue weighted by Gasteiger charge is 2.33. The number of nitrogens with zero attached hydrogens (tertiary/aromatic N) is 1. The van der Waals surface area contributed by atoms with Crippen LogP contribution in [0.5, 0.6) is 5.88 Å². The van der Waals surface area contributed by atoms with Gasteiger partial charge in [0.05, 0.1) is 19.3 Å². The molecule has 1 fully saturated rings. The Morgan fingerprint density at radius 2 is 2.19 bits per heavy atom. The molecule has 1 saturated carbocycles. The number of methoxy groups -OCH3 is 1. The van der Waals surface area contributed by atoms with Crippen LogP contribution in [-0.2, 0) is 0 Å². The van der Waals surface area contributed by atoms with Crippen molar-refractivity contribution < 1.29 is 9.84 Å². The topological polar surface area (TPSA) is 54.4 Å². The Morgan fingerprint density at radius 1 is 1.44 bits per heavy atom. The molecule has 0 atom stereocenters. The monoisotopic (exact) mass is 222 g/mol. The van der Waals surface area contributed by atoms with Gasteiger partial charge in [0, 0.05) is 6.07 Å². The summed E-state index contributed by atoms with van der Waals surface area (Å²) in [4.78, 5) is 4.30. The molecule has 2 rings (SSSR count). The predicted molar refractivity (Wildman–Crippen MR) is 62.7 cm³/mol. The zero-order valence-electron chi connectivity index (χ0n) is 9.57. The van der Waals surface area contributed by atoms with E-state index in [1.807, 2.05) is 18.2 Å². The fraction of sp³-hybridized carbons (Fsp3) is 0.583. The van der Waals surface area contributed by atoms with Gasteiger partial charge in [-0.05, 0) is 18.9 Å². The minimum atomic E-state index is -0.181. The molecule has 0 radical (unpaired) electrons. The molecule has 0 aromatic carbocycles. The van der Waals surface area contributed by atoms with Crippen LogP contribution in [0.15, 0.2) is 18.2 Å². The fourth-order valence-electron chi connectivity index (χ4n) is 2.24. The van der Waals surface area contributed by atoms with E-state index in [-0.39, 0.29) is 12.1 Å². The number of aliphatic hydroxyl groups excluding tert-OH is 1. The zero-order valence-corrected chi connectivity index (χ0v) is 9.57. The molecule has 0 amide bonds. The molecule has 1 aliphatic rings. The number of aromatic nitrogens is 1. The molecule has 16 heavy (non-hydrogen) atoms. The summed E-state index contributed by atoms with van der Waals surface area (Å²) in [5.74, 6) is 1.37. The summed E-state index contributed by atoms with van der Waals surface area (Å²) in [6.45, 7) is 0.159. The molecular formula is C12H18N2O2. The normalized spacial score (nSPS) is 18.4. The molecule has 0 saturated heterocycles. The van der Waals surface area contributed by atoms with Crippen LogP contribution in [0.4, 0.5) is 5.82 Å². The van der Waals surface area contributed by atoms with Crippen molar-refractivity contribution in [2.24, 2.45) is 0 Å². The Bertz CT molecular complexity index is 349. The first-order valence-electron chi connectivity index (χ1n) is 5.68. The second-order valence-electron chi connectivity index (χ2n) is 4.34. The summed E-state index contributed by atoms with van der Waals surface area (Å²) >= 11 is 0. The first-order valence-corrected chi connectivity index (χ1v) is 5.68. The number of aliphatic hydroxyl groups is 1. The van der Waals surface area contributed by atoms with Crippen molar-refractivity contribution in [2.45, 2.75) is 31.2 Å². The number of nitrogens with one attached hydrogen (secondary N) is 1. The van der Waals surface area contributed by atoms with Gasteiger partial charge in [-0.25, -0.2) is 0 Å². The Balaban J connectivity index is 2.12. The number of hydrogen-bond acceptors (Lipinski definition) is 4. The van der Waals surface area contributed by atoms with E-state index in [0.29, 0.717) is 5.88 Å². The van der Waals surface area contributed by atoms with Crippen molar-refractivity contribution >= 4 is 5.82 Å². The molecule has 1 aromatic rings. The van der Waals surface area contributed by atoms with Gasteiger partial charge in [-0.15, -0.1) is 0 Å². The second kappa shape index (κ2) is 4.70. The summed E-state index contributed by atoms with van der Waals surface area (Å²) in [5.41, 5.74) is -0.181. The van der Waals surface area contributed by atoms with Crippen molar-refractivity contribution in [1.82, 2.24) is 4.98 Å². The van der Waals surface area contributed by atoms with Gasteiger partial charge in [0.25, 0.3) is 0 Å². The third-order valence-corrected chi connectivity index (χ3v) is 3.19. The highest BCUT2D eigenvalue weighted by Crippen LogP contribution is 2.32. The molecule has 2 N–H and O–H groups in total. The van der Waals surface area contributed by atoms with E-state index in [1.165, 1.54) is 0 Å². The summed E-state index contributed by atoms with van der Waals surface area (Å²) < 4.78 is 5.07. The van der Waals surface area contributed by atoms with Crippen LogP contribution in [0.1, 0.15) is 25.7 Å². The lowest BCUT2D eigenvalue weighted by molar-refractivity contribution is 0.213. The zero-order chi connectivity index (χ0) is 11.4. The molecule has 1 aliphatic carbocycles. The number of rotatable bonds is 4. The lowest BCUT2D eigenvalue weighted by Gasteiger charge is -2.28. The number of pyridine rings is 1. The lowest BCUT2D eigenvalue weighted by Crippen LogP contribution is -2.39. The fourth-order valence-corrected chi connectivity index (χ4v) is 2.24. The van der Waals surface area contributed by atoms with Crippen LogP contribution in [-0.4, -0.2) is 29.3 Å². The maximum absolute atomic E-state index is 9.48. The molecule has 1 aromatic heterocycles. The van der Waals surface area contributed by atoms with E-state index >= 15 is 0 Å². The van der Waals surface area contributed by atoms with Gasteiger partial charge in [-0.1, -0.05) is 18.9 Å². The highest BCUT2D eigenvalue weighted by atomic mass is 16.5. The maximum atomic E-state index is 9.48. The van der Waals surface area contributed by atoms with E-state index in [4.69, 9.17) is 4.74 Å². The van der Waals surface area contributed by atoms with Gasteiger partial charge in [0.1, 0.15) is 5.82 Å². The van der Waals surface area contributed by atoms with Crippen molar-refractivity contribution in [3.05, 3.63) is 18.2 Å². The standard InChI is InChI=1S/C12H18N2O2/c1-16-11-6-4-5-10(13-11)14-12(9-15)7-2-3-8-12/h4-6,15H,2-3,7-9H2,1H3,(H,13,14). The van der Waals surface area contributed by atoms with Crippen LogP contribution in [0.25, 0.3) is 0 Å². The van der Waals surface area contributed by atoms with Gasteiger partial charge >= 0.3 is 0 Å². The van der Waals surface area contributed by atoms with E-state index in [2.05, 4.69) is 10.3 Å². The van der Waals surface area contributed by atoms with Gasteiger partial charge in [-0.3, -0.25) is 0 Å². The van der Waals surface area contributed by atoms with E-state index in [0.717, 1.165) is 31.5 Å². The first kappa shape index (κ1) is 11.2. The molecule has 0 aliphatic heterocycles. The molecule has 0 spiro atoms. The van der Waals surface area contributed by atoms with Gasteiger partial charge < -0.3 is 15.2 Å². The Labute approximate surface area is 95.7 Å². The minimum Gasteiger partial charge on any atom is -0.481 e. The Hall–Kier alpha value is -1.29. The number of ether oxygens (including phenoxy) is 1. The van der Waals surface area contributed by atoms with Crippen LogP contribution in [0.3, 0.4) is 0 Å². The first-order chi connectivity index (χ1) is 7.78. The van der Waals surface area contributed by atoms with Crippen LogP contribution in [0, 0.1) is 0 Å². The third-order valence-electron chi connectivity index (χ3n) is 3.19. The van der Waals surface area contributed by atoms with Gasteiger partial charge in [-0.2, -0.15) is 4.98 Å². The van der Waals surface area contributed by atoms with Crippen molar-refractivity contribution in [1.29, 1.82) is 0 Å². The van der Waals surface area contributed by atoms with Crippen molar-refractivity contribution in [3.63, 3.8) is 0 Å². The smallest absolute Gasteiger partial charge is 0.214 e. The van der Waals surface area contributed by atoms with Gasteiger partial charge in [0.2, 0.25) is 5.88 Å². The van der Waals surface area contributed by atoms with Crippen LogP contribution >= 0.6 is 0 Å². The average Bonchev–Trinajstić information content (AvgIpc) is 2.78. The molecule has 4 nitrogen and oxygen atoms in total. The van der Waals surface area contributed by atoms with E-state index in [9.17, 15) is 5.11 Å². The van der Waals surface area contributed by atoms with Crippen LogP contribution in [0.2, 0.25) is 0 Å². The average molecular weight is 222 g/mol. The van der Waals surface area contributed by atoms with Crippen molar-refractivity contribution in [2.75, 3.05) is 19.0 Å². The summed E-state index contributed by atoms with van der Waals surface area (Å²) in [6, 6.07) is 5.61. The SMILES string of the molecule is COc1cccc(NC2(CO)CCCC2)n1. The van der Waals surface area contributed by atoms with Gasteiger partial charge in [0.15, 0.2) is 0 Å². The largest absolute Gasteiger partial charge is 0.481 e. The Kier molecular flexibility index (Phi) is 3.29. The summed E-state index contributed by atoms with van der Waals surface area (Å²) in [7, 11) is 1.60. The predicted octanol–water partition coefficient (Wildman–Crippen LogP) is 1.81. The minimum absolute atomic E-state index is 0.159. The molecule has 0 bridgehead atoms. The maximum Gasteiger partial charge on any atom is 0.214 e. The van der Waals surface area contributed by atoms with Crippen molar-refractivity contribution in [3.8, 4) is 5.88 Å². The lowest BCUT2D eigenvalue weighted by atomic mass is 9.99. The second-order valence-corrected chi connectivity index (χ2v) is 4.34. The third kappa shape index (κ3) is 2.27. The molecule has 1 heterocycles. The molecule has 88 valence electrons. The summed E-state index contributed by atoms with van der Waals surface area (Å²) in [6.07, 6.45) is 4.33. The molecule has 0 unspecified atom stereocenters. The van der Waals surface area contributed by atoms with E-state index < -0.39 is 0 Å². The highest BCUT2D eigenvalue weighted by molar-refractivity contribution is 5.40. The summed E-state index contributed by atoms with van der Waals surface area (Å²) in [5, 5.41) is 12.8. The van der Waals surface area contributed by atoms with E-state index in [1.54, 1.807) is 7.11 Å². The number of hydrogen-bond donors (Lipinski definition) is 2. The van der Waals surface area contributed by atoms with Crippen LogP contribution < -0.4 is 10.1 Å². The molecular weight excluding hydrogens is 204 g/mol. The Morgan fingerprint density at radius 3 is 2.81 bits per heavy atom. The number of anilines is 1.